The van der Waals surface area contributed by atoms with Crippen molar-refractivity contribution in [2.75, 3.05) is 0 Å². The van der Waals surface area contributed by atoms with Crippen LogP contribution in [0.2, 0.25) is 0 Å². The van der Waals surface area contributed by atoms with Crippen molar-refractivity contribution in [1.29, 1.82) is 0 Å². The summed E-state index contributed by atoms with van der Waals surface area (Å²) in [6.45, 7) is 0. The number of aromatic nitrogens is 7. The summed E-state index contributed by atoms with van der Waals surface area (Å²) in [4.78, 5) is 24.9. The molecule has 0 bridgehead atoms. The summed E-state index contributed by atoms with van der Waals surface area (Å²) < 4.78 is 6.77. The Morgan fingerprint density at radius 2 is 1.04 bits per heavy atom. The molecule has 8 heteroatoms. The van der Waals surface area contributed by atoms with Gasteiger partial charge in [-0.15, -0.1) is 11.3 Å². The van der Waals surface area contributed by atoms with Crippen molar-refractivity contribution in [2.24, 2.45) is 0 Å². The zero-order chi connectivity index (χ0) is 33.5. The molecule has 51 heavy (non-hydrogen) atoms. The summed E-state index contributed by atoms with van der Waals surface area (Å²) in [6, 6.07) is 48.2. The largest absolute Gasteiger partial charge is 0.308 e. The molecule has 5 heterocycles. The Morgan fingerprint density at radius 1 is 0.490 bits per heavy atom. The number of hydrogen-bond acceptors (Lipinski definition) is 6. The van der Waals surface area contributed by atoms with E-state index in [9.17, 15) is 0 Å². The monoisotopic (exact) mass is 671 g/mol. The number of thiophene rings is 1. The van der Waals surface area contributed by atoms with Crippen molar-refractivity contribution in [3.63, 3.8) is 0 Å². The zero-order valence-corrected chi connectivity index (χ0v) is 27.8. The predicted molar refractivity (Wildman–Crippen MR) is 208 cm³/mol. The van der Waals surface area contributed by atoms with Crippen LogP contribution in [-0.4, -0.2) is 34.1 Å². The van der Waals surface area contributed by atoms with Crippen molar-refractivity contribution in [3.05, 3.63) is 152 Å². The smallest absolute Gasteiger partial charge is 0.238 e. The Labute approximate surface area is 294 Å². The molecule has 11 rings (SSSR count). The maximum absolute atomic E-state index is 5.24. The van der Waals surface area contributed by atoms with Gasteiger partial charge in [0, 0.05) is 49.9 Å². The van der Waals surface area contributed by atoms with Gasteiger partial charge in [-0.1, -0.05) is 115 Å². The van der Waals surface area contributed by atoms with Gasteiger partial charge in [0.15, 0.2) is 11.6 Å². The second kappa shape index (κ2) is 10.9. The van der Waals surface area contributed by atoms with Crippen molar-refractivity contribution in [3.8, 4) is 34.4 Å². The first-order valence-electron chi connectivity index (χ1n) is 16.8. The zero-order valence-electron chi connectivity index (χ0n) is 27.0. The van der Waals surface area contributed by atoms with Crippen molar-refractivity contribution < 1.29 is 0 Å². The SMILES string of the molecule is c1ccc(-c2nc(-c3ccccc3)nc(-n3c4ccccc4c4c5c6ccccc6n(-c6ccccc6)c5c5c6ncncc6sc5c43)n2)cc1. The minimum Gasteiger partial charge on any atom is -0.308 e. The molecular formula is C43H25N7S. The number of fused-ring (bicyclic) bond motifs is 12. The molecule has 0 aliphatic heterocycles. The number of para-hydroxylation sites is 3. The van der Waals surface area contributed by atoms with Gasteiger partial charge in [0.1, 0.15) is 6.33 Å². The van der Waals surface area contributed by atoms with Gasteiger partial charge in [-0.2, -0.15) is 9.97 Å². The van der Waals surface area contributed by atoms with Crippen LogP contribution in [-0.2, 0) is 0 Å². The van der Waals surface area contributed by atoms with Crippen LogP contribution in [0, 0.1) is 0 Å². The Balaban J connectivity index is 1.39. The fraction of sp³-hybridized carbons (Fsp3) is 0. The first kappa shape index (κ1) is 28.1. The average Bonchev–Trinajstić information content (AvgIpc) is 3.87. The molecule has 0 unspecified atom stereocenters. The van der Waals surface area contributed by atoms with Crippen LogP contribution in [0.1, 0.15) is 0 Å². The van der Waals surface area contributed by atoms with E-state index >= 15 is 0 Å². The quantitative estimate of drug-likeness (QED) is 0.186. The summed E-state index contributed by atoms with van der Waals surface area (Å²) >= 11 is 1.71. The van der Waals surface area contributed by atoms with Crippen LogP contribution in [0.25, 0.3) is 98.3 Å². The molecule has 0 fully saturated rings. The second-order valence-corrected chi connectivity index (χ2v) is 13.6. The van der Waals surface area contributed by atoms with Crippen LogP contribution in [0.3, 0.4) is 0 Å². The number of benzene rings is 6. The summed E-state index contributed by atoms with van der Waals surface area (Å²) in [6.07, 6.45) is 3.58. The third kappa shape index (κ3) is 4.08. The lowest BCUT2D eigenvalue weighted by Crippen LogP contribution is -2.06. The first-order chi connectivity index (χ1) is 25.3. The van der Waals surface area contributed by atoms with Crippen LogP contribution < -0.4 is 0 Å². The summed E-state index contributed by atoms with van der Waals surface area (Å²) in [5.41, 5.74) is 8.20. The summed E-state index contributed by atoms with van der Waals surface area (Å²) in [7, 11) is 0. The van der Waals surface area contributed by atoms with E-state index in [1.54, 1.807) is 17.7 Å². The van der Waals surface area contributed by atoms with Crippen LogP contribution in [0.15, 0.2) is 152 Å². The van der Waals surface area contributed by atoms with Gasteiger partial charge in [-0.25, -0.2) is 15.0 Å². The van der Waals surface area contributed by atoms with Crippen LogP contribution in [0.4, 0.5) is 0 Å². The fourth-order valence-corrected chi connectivity index (χ4v) is 8.79. The van der Waals surface area contributed by atoms with E-state index in [0.29, 0.717) is 17.6 Å². The Hall–Kier alpha value is -6.77. The fourth-order valence-electron chi connectivity index (χ4n) is 7.62. The van der Waals surface area contributed by atoms with Crippen molar-refractivity contribution in [2.45, 2.75) is 0 Å². The summed E-state index contributed by atoms with van der Waals surface area (Å²) in [5.74, 6) is 1.79. The molecule has 0 aliphatic carbocycles. The van der Waals surface area contributed by atoms with E-state index in [0.717, 1.165) is 70.0 Å². The average molecular weight is 672 g/mol. The van der Waals surface area contributed by atoms with E-state index in [2.05, 4.69) is 93.0 Å². The predicted octanol–water partition coefficient (Wildman–Crippen LogP) is 10.6. The first-order valence-corrected chi connectivity index (χ1v) is 17.6. The second-order valence-electron chi connectivity index (χ2n) is 12.5. The van der Waals surface area contributed by atoms with Crippen LogP contribution >= 0.6 is 11.3 Å². The topological polar surface area (TPSA) is 74.3 Å². The molecule has 0 amide bonds. The van der Waals surface area contributed by atoms with E-state index < -0.39 is 0 Å². The van der Waals surface area contributed by atoms with E-state index in [1.807, 2.05) is 66.9 Å². The molecule has 5 aromatic heterocycles. The minimum atomic E-state index is 0.560. The molecule has 0 radical (unpaired) electrons. The molecule has 238 valence electrons. The molecule has 0 saturated heterocycles. The van der Waals surface area contributed by atoms with E-state index in [1.165, 1.54) is 10.8 Å². The van der Waals surface area contributed by atoms with E-state index in [4.69, 9.17) is 19.9 Å². The maximum Gasteiger partial charge on any atom is 0.238 e. The highest BCUT2D eigenvalue weighted by Gasteiger charge is 2.28. The van der Waals surface area contributed by atoms with Gasteiger partial charge in [-0.05, 0) is 24.3 Å². The Morgan fingerprint density at radius 3 is 1.69 bits per heavy atom. The van der Waals surface area contributed by atoms with Gasteiger partial charge >= 0.3 is 0 Å². The van der Waals surface area contributed by atoms with Gasteiger partial charge in [0.2, 0.25) is 5.95 Å². The highest BCUT2D eigenvalue weighted by Crippen LogP contribution is 2.50. The van der Waals surface area contributed by atoms with Gasteiger partial charge in [-0.3, -0.25) is 4.57 Å². The highest BCUT2D eigenvalue weighted by atomic mass is 32.1. The number of nitrogens with zero attached hydrogens (tertiary/aromatic N) is 7. The molecule has 7 nitrogen and oxygen atoms in total. The van der Waals surface area contributed by atoms with Crippen LogP contribution in [0.5, 0.6) is 0 Å². The number of hydrogen-bond donors (Lipinski definition) is 0. The Bertz CT molecular complexity index is 3070. The van der Waals surface area contributed by atoms with Crippen molar-refractivity contribution in [1.82, 2.24) is 34.1 Å². The molecule has 0 N–H and O–H groups in total. The maximum atomic E-state index is 5.24. The Kier molecular flexibility index (Phi) is 5.99. The van der Waals surface area contributed by atoms with Gasteiger partial charge in [0.25, 0.3) is 0 Å². The third-order valence-electron chi connectivity index (χ3n) is 9.71. The third-order valence-corrected chi connectivity index (χ3v) is 10.8. The van der Waals surface area contributed by atoms with Gasteiger partial charge in [0.05, 0.1) is 37.0 Å². The lowest BCUT2D eigenvalue weighted by Gasteiger charge is -2.12. The minimum absolute atomic E-state index is 0.560. The van der Waals surface area contributed by atoms with E-state index in [-0.39, 0.29) is 0 Å². The lowest BCUT2D eigenvalue weighted by atomic mass is 10.0. The molecular weight excluding hydrogens is 647 g/mol. The standard InChI is InChI=1S/C43H25N7S/c1-4-14-26(15-5-1)41-46-42(27-16-6-2-7-17-27)48-43(47-41)50-32-23-13-11-21-30(32)35-34-29-20-10-12-22-31(29)49(28-18-8-3-9-19-28)38(34)36-37-33(24-44-25-45-37)51-40(36)39(35)50/h1-25H. The molecule has 0 aliphatic rings. The number of rotatable bonds is 4. The normalized spacial score (nSPS) is 11.9. The molecule has 6 aromatic carbocycles. The molecule has 0 saturated carbocycles. The summed E-state index contributed by atoms with van der Waals surface area (Å²) in [5, 5.41) is 5.71. The molecule has 0 atom stereocenters. The van der Waals surface area contributed by atoms with Crippen molar-refractivity contribution >= 4 is 75.3 Å². The molecule has 11 aromatic rings. The lowest BCUT2D eigenvalue weighted by molar-refractivity contribution is 0.955. The van der Waals surface area contributed by atoms with Gasteiger partial charge < -0.3 is 4.57 Å². The molecule has 0 spiro atoms. The highest BCUT2D eigenvalue weighted by molar-refractivity contribution is 7.26.